The fourth-order valence-corrected chi connectivity index (χ4v) is 2.88. The molecule has 3 rings (SSSR count). The van der Waals surface area contributed by atoms with Crippen LogP contribution in [0.2, 0.25) is 5.02 Å². The van der Waals surface area contributed by atoms with Crippen LogP contribution in [0.1, 0.15) is 34.7 Å². The van der Waals surface area contributed by atoms with E-state index in [2.05, 4.69) is 5.16 Å². The Morgan fingerprint density at radius 1 is 1.19 bits per heavy atom. The Morgan fingerprint density at radius 2 is 1.85 bits per heavy atom. The molecular formula is C20H19ClN2O3. The zero-order valence-electron chi connectivity index (χ0n) is 14.5. The molecule has 0 unspecified atom stereocenters. The van der Waals surface area contributed by atoms with E-state index in [4.69, 9.17) is 16.1 Å². The van der Waals surface area contributed by atoms with Gasteiger partial charge in [0.25, 0.3) is 5.91 Å². The van der Waals surface area contributed by atoms with E-state index in [0.717, 1.165) is 11.1 Å². The number of hydrogen-bond acceptors (Lipinski definition) is 4. The van der Waals surface area contributed by atoms with Crippen LogP contribution >= 0.6 is 11.6 Å². The van der Waals surface area contributed by atoms with Crippen molar-refractivity contribution in [3.05, 3.63) is 76.5 Å². The smallest absolute Gasteiger partial charge is 0.292 e. The van der Waals surface area contributed by atoms with Gasteiger partial charge in [0, 0.05) is 24.2 Å². The van der Waals surface area contributed by atoms with E-state index in [-0.39, 0.29) is 11.7 Å². The Morgan fingerprint density at radius 3 is 2.46 bits per heavy atom. The van der Waals surface area contributed by atoms with Gasteiger partial charge in [-0.25, -0.2) is 0 Å². The van der Waals surface area contributed by atoms with Crippen molar-refractivity contribution in [2.45, 2.75) is 19.6 Å². The maximum absolute atomic E-state index is 12.8. The van der Waals surface area contributed by atoms with E-state index in [9.17, 15) is 9.90 Å². The third-order valence-corrected chi connectivity index (χ3v) is 4.32. The molecule has 6 heteroatoms. The highest BCUT2D eigenvalue weighted by atomic mass is 35.5. The molecule has 0 saturated heterocycles. The van der Waals surface area contributed by atoms with Gasteiger partial charge < -0.3 is 14.5 Å². The highest BCUT2D eigenvalue weighted by molar-refractivity contribution is 6.30. The van der Waals surface area contributed by atoms with Crippen molar-refractivity contribution in [3.8, 4) is 11.3 Å². The van der Waals surface area contributed by atoms with Gasteiger partial charge in [0.2, 0.25) is 5.76 Å². The first-order chi connectivity index (χ1) is 12.5. The highest BCUT2D eigenvalue weighted by Gasteiger charge is 2.28. The fourth-order valence-electron chi connectivity index (χ4n) is 2.76. The van der Waals surface area contributed by atoms with Gasteiger partial charge in [0.15, 0.2) is 0 Å². The molecule has 0 bridgehead atoms. The summed E-state index contributed by atoms with van der Waals surface area (Å²) in [5.74, 6) is -0.291. The van der Waals surface area contributed by atoms with Crippen LogP contribution in [0.25, 0.3) is 11.3 Å². The summed E-state index contributed by atoms with van der Waals surface area (Å²) < 4.78 is 5.33. The lowest BCUT2D eigenvalue weighted by Crippen LogP contribution is -2.27. The fraction of sp³-hybridized carbons (Fsp3) is 0.200. The molecule has 26 heavy (non-hydrogen) atoms. The number of hydrogen-bond donors (Lipinski definition) is 1. The van der Waals surface area contributed by atoms with Gasteiger partial charge in [0.05, 0.1) is 11.7 Å². The molecule has 1 amide bonds. The van der Waals surface area contributed by atoms with Crippen molar-refractivity contribution < 1.29 is 14.4 Å². The second kappa shape index (κ2) is 7.72. The Bertz CT molecular complexity index is 889. The zero-order chi connectivity index (χ0) is 18.7. The lowest BCUT2D eigenvalue weighted by molar-refractivity contribution is 0.0735. The summed E-state index contributed by atoms with van der Waals surface area (Å²) in [6.07, 6.45) is -0.906. The molecule has 0 fully saturated rings. The lowest BCUT2D eigenvalue weighted by atomic mass is 10.0. The number of rotatable bonds is 5. The van der Waals surface area contributed by atoms with Gasteiger partial charge in [0.1, 0.15) is 5.69 Å². The predicted molar refractivity (Wildman–Crippen MR) is 99.8 cm³/mol. The SMILES string of the molecule is C[C@H](O)c1c(-c2ccc(Cl)cc2)noc1C(=O)N(C)Cc1ccccc1. The molecule has 1 aromatic heterocycles. The molecule has 0 aliphatic heterocycles. The molecule has 0 radical (unpaired) electrons. The number of carbonyl (C=O) groups excluding carboxylic acids is 1. The first-order valence-corrected chi connectivity index (χ1v) is 8.58. The summed E-state index contributed by atoms with van der Waals surface area (Å²) in [6, 6.07) is 16.6. The minimum atomic E-state index is -0.906. The number of aromatic nitrogens is 1. The van der Waals surface area contributed by atoms with E-state index in [1.807, 2.05) is 30.3 Å². The number of carbonyl (C=O) groups is 1. The topological polar surface area (TPSA) is 66.6 Å². The van der Waals surface area contributed by atoms with Crippen LogP contribution in [-0.2, 0) is 6.54 Å². The Kier molecular flexibility index (Phi) is 5.40. The van der Waals surface area contributed by atoms with Crippen LogP contribution < -0.4 is 0 Å². The Balaban J connectivity index is 1.92. The highest BCUT2D eigenvalue weighted by Crippen LogP contribution is 2.32. The quantitative estimate of drug-likeness (QED) is 0.726. The maximum Gasteiger partial charge on any atom is 0.292 e. The van der Waals surface area contributed by atoms with Gasteiger partial charge in [-0.2, -0.15) is 0 Å². The molecule has 1 N–H and O–H groups in total. The third kappa shape index (κ3) is 3.79. The van der Waals surface area contributed by atoms with Gasteiger partial charge in [-0.3, -0.25) is 4.79 Å². The molecule has 0 aliphatic rings. The van der Waals surface area contributed by atoms with Crippen LogP contribution in [0, 0.1) is 0 Å². The molecule has 5 nitrogen and oxygen atoms in total. The minimum absolute atomic E-state index is 0.0448. The van der Waals surface area contributed by atoms with Gasteiger partial charge >= 0.3 is 0 Å². The number of halogens is 1. The average molecular weight is 371 g/mol. The lowest BCUT2D eigenvalue weighted by Gasteiger charge is -2.17. The number of amides is 1. The van der Waals surface area contributed by atoms with Gasteiger partial charge in [-0.15, -0.1) is 0 Å². The molecule has 2 aromatic carbocycles. The van der Waals surface area contributed by atoms with Crippen LogP contribution in [-0.4, -0.2) is 28.1 Å². The normalized spacial score (nSPS) is 12.0. The van der Waals surface area contributed by atoms with Crippen LogP contribution in [0.5, 0.6) is 0 Å². The maximum atomic E-state index is 12.8. The average Bonchev–Trinajstić information content (AvgIpc) is 3.07. The van der Waals surface area contributed by atoms with Crippen LogP contribution in [0.3, 0.4) is 0 Å². The molecule has 3 aromatic rings. The summed E-state index contributed by atoms with van der Waals surface area (Å²) in [4.78, 5) is 14.4. The van der Waals surface area contributed by atoms with Crippen molar-refractivity contribution >= 4 is 17.5 Å². The molecule has 134 valence electrons. The minimum Gasteiger partial charge on any atom is -0.388 e. The van der Waals surface area contributed by atoms with Crippen molar-refractivity contribution in [3.63, 3.8) is 0 Å². The monoisotopic (exact) mass is 370 g/mol. The summed E-state index contributed by atoms with van der Waals surface area (Å²) >= 11 is 5.92. The number of aliphatic hydroxyl groups excluding tert-OH is 1. The van der Waals surface area contributed by atoms with E-state index in [0.29, 0.717) is 22.8 Å². The van der Waals surface area contributed by atoms with Gasteiger partial charge in [-0.05, 0) is 24.6 Å². The first kappa shape index (κ1) is 18.2. The third-order valence-electron chi connectivity index (χ3n) is 4.07. The van der Waals surface area contributed by atoms with E-state index in [1.165, 1.54) is 4.90 Å². The largest absolute Gasteiger partial charge is 0.388 e. The number of aliphatic hydroxyl groups is 1. The molecular weight excluding hydrogens is 352 g/mol. The van der Waals surface area contributed by atoms with Crippen LogP contribution in [0.15, 0.2) is 59.1 Å². The number of benzene rings is 2. The molecule has 0 saturated carbocycles. The van der Waals surface area contributed by atoms with E-state index < -0.39 is 6.10 Å². The van der Waals surface area contributed by atoms with Crippen LogP contribution in [0.4, 0.5) is 0 Å². The first-order valence-electron chi connectivity index (χ1n) is 8.20. The van der Waals surface area contributed by atoms with Crippen molar-refractivity contribution in [1.29, 1.82) is 0 Å². The molecule has 0 aliphatic carbocycles. The Labute approximate surface area is 156 Å². The second-order valence-corrected chi connectivity index (χ2v) is 6.54. The standard InChI is InChI=1S/C20H19ClN2O3/c1-13(24)17-18(15-8-10-16(21)11-9-15)22-26-19(17)20(25)23(2)12-14-6-4-3-5-7-14/h3-11,13,24H,12H2,1-2H3/t13-/m0/s1. The van der Waals surface area contributed by atoms with E-state index in [1.54, 1.807) is 38.2 Å². The summed E-state index contributed by atoms with van der Waals surface area (Å²) in [5, 5.41) is 14.8. The van der Waals surface area contributed by atoms with Crippen molar-refractivity contribution in [2.75, 3.05) is 7.05 Å². The zero-order valence-corrected chi connectivity index (χ0v) is 15.3. The molecule has 1 atom stereocenters. The predicted octanol–water partition coefficient (Wildman–Crippen LogP) is 4.32. The van der Waals surface area contributed by atoms with E-state index >= 15 is 0 Å². The molecule has 1 heterocycles. The van der Waals surface area contributed by atoms with Crippen molar-refractivity contribution in [1.82, 2.24) is 10.1 Å². The summed E-state index contributed by atoms with van der Waals surface area (Å²) in [6.45, 7) is 2.01. The van der Waals surface area contributed by atoms with Crippen molar-refractivity contribution in [2.24, 2.45) is 0 Å². The second-order valence-electron chi connectivity index (χ2n) is 6.10. The van der Waals surface area contributed by atoms with Gasteiger partial charge in [-0.1, -0.05) is 59.2 Å². The summed E-state index contributed by atoms with van der Waals surface area (Å²) in [5.41, 5.74) is 2.53. The number of nitrogens with zero attached hydrogens (tertiary/aromatic N) is 2. The molecule has 0 spiro atoms. The Hall–Kier alpha value is -2.63. The summed E-state index contributed by atoms with van der Waals surface area (Å²) in [7, 11) is 1.69.